The average molecular weight is 817 g/mol. The molecular weight excluding hydrogens is 761 g/mol. The molecule has 4 aliphatic rings. The van der Waals surface area contributed by atoms with E-state index in [1.807, 2.05) is 23.5 Å². The van der Waals surface area contributed by atoms with Crippen LogP contribution in [0.5, 0.6) is 0 Å². The van der Waals surface area contributed by atoms with Crippen molar-refractivity contribution in [2.24, 2.45) is 0 Å². The zero-order valence-corrected chi connectivity index (χ0v) is 33.6. The number of benzene rings is 1. The minimum Gasteiger partial charge on any atom is -0.465 e. The van der Waals surface area contributed by atoms with Crippen molar-refractivity contribution in [1.82, 2.24) is 31.9 Å². The highest BCUT2D eigenvalue weighted by atomic mass is 32.2. The normalized spacial score (nSPS) is 23.2. The van der Waals surface area contributed by atoms with Crippen LogP contribution in [0.3, 0.4) is 0 Å². The Kier molecular flexibility index (Phi) is 16.8. The van der Waals surface area contributed by atoms with Crippen LogP contribution in [0.1, 0.15) is 100 Å². The number of carbonyl (C=O) groups is 7. The van der Waals surface area contributed by atoms with Gasteiger partial charge < -0.3 is 47.3 Å². The molecule has 8 amide bonds. The quantitative estimate of drug-likeness (QED) is 0.0457. The molecule has 0 bridgehead atoms. The highest BCUT2D eigenvalue weighted by Crippen LogP contribution is 2.34. The van der Waals surface area contributed by atoms with Crippen LogP contribution in [0.4, 0.5) is 21.0 Å². The Morgan fingerprint density at radius 2 is 1.04 bits per heavy atom. The van der Waals surface area contributed by atoms with Crippen molar-refractivity contribution in [2.45, 2.75) is 125 Å². The van der Waals surface area contributed by atoms with Gasteiger partial charge in [-0.1, -0.05) is 12.8 Å². The molecule has 6 unspecified atom stereocenters. The second-order valence-corrected chi connectivity index (χ2v) is 17.3. The van der Waals surface area contributed by atoms with E-state index in [2.05, 4.69) is 42.5 Å². The molecule has 8 N–H and O–H groups in total. The monoisotopic (exact) mass is 816 g/mol. The van der Waals surface area contributed by atoms with Crippen LogP contribution in [-0.2, 0) is 23.9 Å². The van der Waals surface area contributed by atoms with Crippen molar-refractivity contribution in [3.63, 3.8) is 0 Å². The Balaban J connectivity index is 0.902. The number of esters is 1. The van der Waals surface area contributed by atoms with Gasteiger partial charge in [0.25, 0.3) is 0 Å². The number of methoxy groups -OCH3 is 1. The maximum Gasteiger partial charge on any atom is 0.337 e. The molecule has 4 heterocycles. The molecule has 0 spiro atoms. The molecule has 0 saturated carbocycles. The number of carbonyl (C=O) groups excluding carboxylic acids is 7. The third-order valence-electron chi connectivity index (χ3n) is 10.4. The molecule has 1 aromatic carbocycles. The van der Waals surface area contributed by atoms with Crippen LogP contribution in [0.25, 0.3) is 0 Å². The summed E-state index contributed by atoms with van der Waals surface area (Å²) < 4.78 is 4.86. The number of hydrogen-bond donors (Lipinski definition) is 8. The number of urea groups is 2. The van der Waals surface area contributed by atoms with E-state index in [1.165, 1.54) is 19.2 Å². The Hall–Kier alpha value is -4.19. The Bertz CT molecular complexity index is 1480. The summed E-state index contributed by atoms with van der Waals surface area (Å²) in [5, 5.41) is 24.0. The molecule has 4 aliphatic heterocycles. The van der Waals surface area contributed by atoms with Crippen LogP contribution in [-0.4, -0.2) is 108 Å². The molecule has 0 aliphatic carbocycles. The third kappa shape index (κ3) is 13.5. The van der Waals surface area contributed by atoms with Crippen molar-refractivity contribution in [1.29, 1.82) is 0 Å². The van der Waals surface area contributed by atoms with E-state index in [-0.39, 0.29) is 78.3 Å². The predicted molar refractivity (Wildman–Crippen MR) is 217 cm³/mol. The number of unbranched alkanes of at least 4 members (excludes halogenated alkanes) is 4. The number of hydrogen-bond acceptors (Lipinski definition) is 10. The van der Waals surface area contributed by atoms with Gasteiger partial charge in [0.2, 0.25) is 23.6 Å². The van der Waals surface area contributed by atoms with Gasteiger partial charge in [-0.25, -0.2) is 14.4 Å². The Morgan fingerprint density at radius 3 is 1.48 bits per heavy atom. The van der Waals surface area contributed by atoms with Gasteiger partial charge in [-0.05, 0) is 69.6 Å². The van der Waals surface area contributed by atoms with E-state index in [9.17, 15) is 33.6 Å². The summed E-state index contributed by atoms with van der Waals surface area (Å²) in [5.74, 6) is 0.673. The van der Waals surface area contributed by atoms with Gasteiger partial charge in [-0.15, -0.1) is 0 Å². The number of thioether (sulfide) groups is 2. The molecule has 56 heavy (non-hydrogen) atoms. The highest BCUT2D eigenvalue weighted by Gasteiger charge is 2.43. The molecule has 18 heteroatoms. The van der Waals surface area contributed by atoms with Crippen LogP contribution < -0.4 is 42.5 Å². The zero-order valence-electron chi connectivity index (χ0n) is 32.0. The van der Waals surface area contributed by atoms with E-state index in [0.717, 1.165) is 50.0 Å². The molecule has 6 atom stereocenters. The van der Waals surface area contributed by atoms with Gasteiger partial charge >= 0.3 is 18.0 Å². The maximum atomic E-state index is 12.7. The van der Waals surface area contributed by atoms with Crippen molar-refractivity contribution >= 4 is 76.6 Å². The number of amides is 8. The zero-order chi connectivity index (χ0) is 39.9. The molecule has 1 aromatic rings. The van der Waals surface area contributed by atoms with Crippen molar-refractivity contribution in [2.75, 3.05) is 42.3 Å². The molecule has 0 radical (unpaired) electrons. The first-order valence-corrected chi connectivity index (χ1v) is 21.9. The minimum atomic E-state index is -0.612. The molecule has 5 rings (SSSR count). The van der Waals surface area contributed by atoms with E-state index >= 15 is 0 Å². The molecule has 16 nitrogen and oxygen atoms in total. The van der Waals surface area contributed by atoms with E-state index in [0.29, 0.717) is 73.5 Å². The summed E-state index contributed by atoms with van der Waals surface area (Å²) in [6.07, 6.45) is 8.97. The van der Waals surface area contributed by atoms with E-state index in [1.54, 1.807) is 6.07 Å². The SMILES string of the molecule is COC(=O)c1cc(NC(=O)CCCCNC(=O)CCCCC2SCC3NC(=O)NC32)cc(NC(=O)CCCCNC(=O)CCCCC2SCC3NC(=O)NC32)c1. The number of nitrogens with one attached hydrogen (secondary N) is 8. The average Bonchev–Trinajstić information content (AvgIpc) is 3.93. The largest absolute Gasteiger partial charge is 0.465 e. The summed E-state index contributed by atoms with van der Waals surface area (Å²) >= 11 is 3.74. The molecule has 0 aromatic heterocycles. The Labute approximate surface area is 336 Å². The van der Waals surface area contributed by atoms with Gasteiger partial charge in [0, 0.05) is 72.2 Å². The van der Waals surface area contributed by atoms with Crippen molar-refractivity contribution in [3.05, 3.63) is 23.8 Å². The molecular formula is C38H56N8O8S2. The molecule has 4 fully saturated rings. The highest BCUT2D eigenvalue weighted by molar-refractivity contribution is 8.00. The minimum absolute atomic E-state index is 0.0153. The number of fused-ring (bicyclic) bond motifs is 2. The molecule has 308 valence electrons. The first kappa shape index (κ1) is 42.9. The van der Waals surface area contributed by atoms with Crippen LogP contribution in [0.2, 0.25) is 0 Å². The number of ether oxygens (including phenoxy) is 1. The lowest BCUT2D eigenvalue weighted by atomic mass is 10.0. The summed E-state index contributed by atoms with van der Waals surface area (Å²) in [5.41, 5.74) is 0.861. The second kappa shape index (κ2) is 21.9. The first-order valence-electron chi connectivity index (χ1n) is 19.8. The van der Waals surface area contributed by atoms with Crippen LogP contribution >= 0.6 is 23.5 Å². The lowest BCUT2D eigenvalue weighted by molar-refractivity contribution is -0.122. The fourth-order valence-electron chi connectivity index (χ4n) is 7.46. The van der Waals surface area contributed by atoms with E-state index in [4.69, 9.17) is 4.74 Å². The summed E-state index contributed by atoms with van der Waals surface area (Å²) in [7, 11) is 1.25. The van der Waals surface area contributed by atoms with E-state index < -0.39 is 5.97 Å². The summed E-state index contributed by atoms with van der Waals surface area (Å²) in [6.45, 7) is 0.934. The van der Waals surface area contributed by atoms with Crippen molar-refractivity contribution < 1.29 is 38.3 Å². The van der Waals surface area contributed by atoms with Gasteiger partial charge in [-0.2, -0.15) is 23.5 Å². The lowest BCUT2D eigenvalue weighted by Crippen LogP contribution is -2.36. The molecule has 4 saturated heterocycles. The lowest BCUT2D eigenvalue weighted by Gasteiger charge is -2.16. The number of rotatable bonds is 23. The third-order valence-corrected chi connectivity index (χ3v) is 13.4. The fourth-order valence-corrected chi connectivity index (χ4v) is 10.5. The predicted octanol–water partition coefficient (Wildman–Crippen LogP) is 3.37. The second-order valence-electron chi connectivity index (χ2n) is 14.7. The Morgan fingerprint density at radius 1 is 0.607 bits per heavy atom. The van der Waals surface area contributed by atoms with Crippen LogP contribution in [0.15, 0.2) is 18.2 Å². The summed E-state index contributed by atoms with van der Waals surface area (Å²) in [4.78, 5) is 85.4. The number of anilines is 2. The van der Waals surface area contributed by atoms with Gasteiger partial charge in [0.1, 0.15) is 0 Å². The topological polar surface area (TPSA) is 225 Å². The standard InChI is InChI=1S/C38H56N8O8S2/c1-54-36(51)23-18-24(41-32(49)14-6-8-16-39-30(47)12-4-2-10-28-34-26(21-55-28)43-37(52)45-34)20-25(19-23)42-33(50)15-7-9-17-40-31(48)13-5-3-11-29-35-27(22-56-29)44-38(53)46-35/h18-20,26-29,34-35H,2-17,21-22H2,1H3,(H,39,47)(H,40,48)(H,41,49)(H,42,50)(H2,43,45,52)(H2,44,46,53). The van der Waals surface area contributed by atoms with Crippen molar-refractivity contribution in [3.8, 4) is 0 Å². The van der Waals surface area contributed by atoms with Crippen LogP contribution in [0, 0.1) is 0 Å². The van der Waals surface area contributed by atoms with Gasteiger partial charge in [0.05, 0.1) is 36.8 Å². The first-order chi connectivity index (χ1) is 27.1. The van der Waals surface area contributed by atoms with Gasteiger partial charge in [-0.3, -0.25) is 19.2 Å². The fraction of sp³-hybridized carbons (Fsp3) is 0.658. The smallest absolute Gasteiger partial charge is 0.337 e. The summed E-state index contributed by atoms with van der Waals surface area (Å²) in [6, 6.07) is 5.13. The van der Waals surface area contributed by atoms with Gasteiger partial charge in [0.15, 0.2) is 0 Å². The maximum absolute atomic E-state index is 12.7.